The van der Waals surface area contributed by atoms with E-state index in [2.05, 4.69) is 22.4 Å². The maximum Gasteiger partial charge on any atom is 1.00 e. The smallest absolute Gasteiger partial charge is 0.282 e. The molecule has 0 heterocycles. The Morgan fingerprint density at radius 3 is 2.14 bits per heavy atom. The average molecular weight is 238 g/mol. The predicted octanol–water partition coefficient (Wildman–Crippen LogP) is -1.33. The molecule has 1 aromatic rings. The van der Waals surface area contributed by atoms with Crippen LogP contribution in [0.5, 0.6) is 0 Å². The van der Waals surface area contributed by atoms with E-state index in [1.807, 2.05) is 0 Å². The van der Waals surface area contributed by atoms with E-state index in [9.17, 15) is 8.42 Å². The Hall–Kier alpha value is -0.0700. The number of thiocarbonyl (C=S) groups is 1. The molecule has 1 N–H and O–H groups in total. The van der Waals surface area contributed by atoms with Crippen molar-refractivity contribution in [1.82, 2.24) is 0 Å². The van der Waals surface area contributed by atoms with Crippen LogP contribution < -0.4 is 29.6 Å². The summed E-state index contributed by atoms with van der Waals surface area (Å²) in [6, 6.07) is 5.31. The van der Waals surface area contributed by atoms with Gasteiger partial charge < -0.3 is 0 Å². The van der Waals surface area contributed by atoms with Gasteiger partial charge in [0.1, 0.15) is 0 Å². The summed E-state index contributed by atoms with van der Waals surface area (Å²) in [4.78, 5) is 3.45. The van der Waals surface area contributed by atoms with E-state index in [4.69, 9.17) is 4.55 Å². The average Bonchev–Trinajstić information content (AvgIpc) is 2.04. The number of aliphatic imine (C=N–C) groups is 1. The fourth-order valence-corrected chi connectivity index (χ4v) is 1.33. The van der Waals surface area contributed by atoms with Gasteiger partial charge in [0, 0.05) is 0 Å². The molecule has 0 aliphatic heterocycles. The van der Waals surface area contributed by atoms with E-state index < -0.39 is 10.1 Å². The van der Waals surface area contributed by atoms with E-state index in [1.165, 1.54) is 24.3 Å². The van der Waals surface area contributed by atoms with Crippen molar-refractivity contribution in [3.8, 4) is 0 Å². The van der Waals surface area contributed by atoms with Crippen molar-refractivity contribution in [3.05, 3.63) is 24.3 Å². The quantitative estimate of drug-likeness (QED) is 0.300. The summed E-state index contributed by atoms with van der Waals surface area (Å²) >= 11 is 4.36. The number of isothiocyanates is 1. The molecular formula is C7H5NNaO3S2+. The zero-order valence-electron chi connectivity index (χ0n) is 7.34. The molecule has 0 fully saturated rings. The first kappa shape index (κ1) is 13.9. The summed E-state index contributed by atoms with van der Waals surface area (Å²) < 4.78 is 29.8. The molecule has 4 nitrogen and oxygen atoms in total. The van der Waals surface area contributed by atoms with Crippen LogP contribution in [-0.4, -0.2) is 18.1 Å². The third kappa shape index (κ3) is 3.98. The van der Waals surface area contributed by atoms with Crippen molar-refractivity contribution in [1.29, 1.82) is 0 Å². The van der Waals surface area contributed by atoms with Crippen LogP contribution in [0.3, 0.4) is 0 Å². The molecule has 0 atom stereocenters. The van der Waals surface area contributed by atoms with Gasteiger partial charge in [-0.3, -0.25) is 4.55 Å². The molecule has 0 spiro atoms. The van der Waals surface area contributed by atoms with Crippen molar-refractivity contribution in [2.45, 2.75) is 4.90 Å². The minimum absolute atomic E-state index is 0. The van der Waals surface area contributed by atoms with Gasteiger partial charge in [-0.25, -0.2) is 0 Å². The third-order valence-corrected chi connectivity index (χ3v) is 2.27. The first-order valence-corrected chi connectivity index (χ1v) is 5.04. The van der Waals surface area contributed by atoms with E-state index in [0.29, 0.717) is 5.69 Å². The van der Waals surface area contributed by atoms with Crippen molar-refractivity contribution in [2.75, 3.05) is 0 Å². The molecule has 0 saturated carbocycles. The van der Waals surface area contributed by atoms with Crippen molar-refractivity contribution in [3.63, 3.8) is 0 Å². The Kier molecular flexibility index (Phi) is 5.70. The molecule has 14 heavy (non-hydrogen) atoms. The number of nitrogens with zero attached hydrogens (tertiary/aromatic N) is 1. The van der Waals surface area contributed by atoms with Crippen LogP contribution in [-0.2, 0) is 10.1 Å². The molecule has 1 rings (SSSR count). The minimum atomic E-state index is -4.12. The molecule has 0 unspecified atom stereocenters. The Balaban J connectivity index is 0.00000169. The van der Waals surface area contributed by atoms with Crippen LogP contribution in [0.4, 0.5) is 5.69 Å². The Morgan fingerprint density at radius 1 is 1.29 bits per heavy atom. The summed E-state index contributed by atoms with van der Waals surface area (Å²) in [7, 11) is -4.12. The first-order valence-electron chi connectivity index (χ1n) is 3.19. The van der Waals surface area contributed by atoms with Gasteiger partial charge in [-0.2, -0.15) is 13.4 Å². The summed E-state index contributed by atoms with van der Waals surface area (Å²) in [6.45, 7) is 0. The van der Waals surface area contributed by atoms with Gasteiger partial charge in [0.2, 0.25) is 0 Å². The molecule has 0 aliphatic rings. The Morgan fingerprint density at radius 2 is 1.79 bits per heavy atom. The van der Waals surface area contributed by atoms with Gasteiger partial charge in [0.05, 0.1) is 15.7 Å². The van der Waals surface area contributed by atoms with Crippen LogP contribution in [0.1, 0.15) is 0 Å². The van der Waals surface area contributed by atoms with Crippen LogP contribution in [0, 0.1) is 0 Å². The second-order valence-corrected chi connectivity index (χ2v) is 3.78. The standard InChI is InChI=1S/C7H5NO3S2.Na/c9-13(10,11)7-3-1-6(2-4-7)8-5-12;/h1-4H,(H,9,10,11);/q;+1. The number of hydrogen-bond acceptors (Lipinski definition) is 4. The van der Waals surface area contributed by atoms with E-state index in [-0.39, 0.29) is 34.5 Å². The van der Waals surface area contributed by atoms with Crippen LogP contribution in [0.15, 0.2) is 34.2 Å². The predicted molar refractivity (Wildman–Crippen MR) is 50.9 cm³/mol. The first-order chi connectivity index (χ1) is 6.04. The largest absolute Gasteiger partial charge is 1.00 e. The number of rotatable bonds is 2. The third-order valence-electron chi connectivity index (χ3n) is 1.31. The molecule has 0 bridgehead atoms. The van der Waals surface area contributed by atoms with Crippen LogP contribution in [0.25, 0.3) is 0 Å². The van der Waals surface area contributed by atoms with Gasteiger partial charge >= 0.3 is 29.6 Å². The number of benzene rings is 1. The normalized spacial score (nSPS) is 9.79. The minimum Gasteiger partial charge on any atom is -0.282 e. The zero-order valence-corrected chi connectivity index (χ0v) is 11.0. The molecule has 0 saturated heterocycles. The molecule has 7 heteroatoms. The summed E-state index contributed by atoms with van der Waals surface area (Å²) in [5.74, 6) is 0. The van der Waals surface area contributed by atoms with Crippen molar-refractivity contribution >= 4 is 33.2 Å². The molecule has 1 aromatic carbocycles. The molecule has 68 valence electrons. The second kappa shape index (κ2) is 5.72. The van der Waals surface area contributed by atoms with Crippen LogP contribution in [0.2, 0.25) is 0 Å². The maximum atomic E-state index is 10.6. The van der Waals surface area contributed by atoms with Crippen LogP contribution >= 0.6 is 12.2 Å². The molecule has 0 radical (unpaired) electrons. The van der Waals surface area contributed by atoms with E-state index in [1.54, 1.807) is 0 Å². The Labute approximate surface area is 109 Å². The second-order valence-electron chi connectivity index (χ2n) is 2.17. The van der Waals surface area contributed by atoms with Gasteiger partial charge in [0.15, 0.2) is 0 Å². The van der Waals surface area contributed by atoms with Crippen molar-refractivity contribution in [2.24, 2.45) is 4.99 Å². The maximum absolute atomic E-state index is 10.6. The summed E-state index contributed by atoms with van der Waals surface area (Å²) in [6.07, 6.45) is 0. The Bertz CT molecular complexity index is 448. The van der Waals surface area contributed by atoms with Gasteiger partial charge in [0.25, 0.3) is 10.1 Å². The summed E-state index contributed by atoms with van der Waals surface area (Å²) in [5, 5.41) is 2.14. The van der Waals surface area contributed by atoms with Gasteiger partial charge in [-0.1, -0.05) is 0 Å². The SMILES string of the molecule is O=S(=O)(O)c1ccc(N=C=S)cc1.[Na+]. The number of hydrogen-bond donors (Lipinski definition) is 1. The molecule has 0 aliphatic carbocycles. The zero-order chi connectivity index (χ0) is 9.90. The molecule has 0 amide bonds. The fourth-order valence-electron chi connectivity index (χ4n) is 0.745. The molecule has 0 aromatic heterocycles. The summed E-state index contributed by atoms with van der Waals surface area (Å²) in [5.41, 5.74) is 0.488. The topological polar surface area (TPSA) is 66.7 Å². The van der Waals surface area contributed by atoms with Gasteiger partial charge in [-0.15, -0.1) is 0 Å². The van der Waals surface area contributed by atoms with E-state index in [0.717, 1.165) is 0 Å². The van der Waals surface area contributed by atoms with Crippen molar-refractivity contribution < 1.29 is 42.5 Å². The van der Waals surface area contributed by atoms with Gasteiger partial charge in [-0.05, 0) is 36.5 Å². The fraction of sp³-hybridized carbons (Fsp3) is 0. The molecular weight excluding hydrogens is 233 g/mol. The van der Waals surface area contributed by atoms with E-state index >= 15 is 0 Å². The monoisotopic (exact) mass is 238 g/mol.